The molecule has 56 heavy (non-hydrogen) atoms. The van der Waals surface area contributed by atoms with Crippen molar-refractivity contribution in [2.24, 2.45) is 5.92 Å². The van der Waals surface area contributed by atoms with E-state index in [1.165, 1.54) is 57.7 Å². The number of likely N-dealkylation sites (N-methyl/N-ethyl adjacent to an activating group) is 1. The highest BCUT2D eigenvalue weighted by atomic mass is 16.5. The molecule has 1 atom stereocenters. The molecule has 0 bridgehead atoms. The number of aldehydes is 1. The number of aromatic amines is 1. The van der Waals surface area contributed by atoms with Gasteiger partial charge in [0.05, 0.1) is 36.1 Å². The first-order valence-corrected chi connectivity index (χ1v) is 19.0. The molecule has 3 aromatic heterocycles. The van der Waals surface area contributed by atoms with E-state index < -0.39 is 17.9 Å². The third-order valence-electron chi connectivity index (χ3n) is 10.9. The van der Waals surface area contributed by atoms with E-state index in [-0.39, 0.29) is 30.2 Å². The van der Waals surface area contributed by atoms with E-state index in [9.17, 15) is 24.0 Å². The van der Waals surface area contributed by atoms with E-state index in [4.69, 9.17) is 4.74 Å². The molecule has 292 valence electrons. The Labute approximate surface area is 323 Å². The maximum absolute atomic E-state index is 13.1. The molecule has 2 aliphatic heterocycles. The molecule has 3 aliphatic rings. The number of amides is 4. The summed E-state index contributed by atoms with van der Waals surface area (Å²) >= 11 is 0. The molecule has 5 heterocycles. The van der Waals surface area contributed by atoms with Crippen LogP contribution >= 0.6 is 0 Å². The summed E-state index contributed by atoms with van der Waals surface area (Å²) in [4.78, 5) is 71.4. The number of piperidine rings is 1. The van der Waals surface area contributed by atoms with Crippen LogP contribution in [-0.4, -0.2) is 117 Å². The molecule has 4 amide bonds. The van der Waals surface area contributed by atoms with E-state index >= 15 is 0 Å². The second-order valence-electron chi connectivity index (χ2n) is 14.5. The van der Waals surface area contributed by atoms with Crippen LogP contribution in [0.3, 0.4) is 0 Å². The van der Waals surface area contributed by atoms with Crippen molar-refractivity contribution in [3.8, 4) is 5.75 Å². The first kappa shape index (κ1) is 38.1. The summed E-state index contributed by atoms with van der Waals surface area (Å²) in [5, 5.41) is 16.9. The quantitative estimate of drug-likeness (QED) is 0.146. The number of rotatable bonds is 9. The smallest absolute Gasteiger partial charge is 0.260 e. The number of hydrogen-bond donors (Lipinski definition) is 3. The van der Waals surface area contributed by atoms with E-state index in [0.717, 1.165) is 48.7 Å². The van der Waals surface area contributed by atoms with Crippen molar-refractivity contribution in [2.45, 2.75) is 51.0 Å². The summed E-state index contributed by atoms with van der Waals surface area (Å²) in [6.07, 6.45) is 12.8. The summed E-state index contributed by atoms with van der Waals surface area (Å²) in [5.74, 6) is 0.277. The molecule has 2 saturated heterocycles. The van der Waals surface area contributed by atoms with Gasteiger partial charge in [-0.2, -0.15) is 14.7 Å². The zero-order valence-corrected chi connectivity index (χ0v) is 31.6. The average Bonchev–Trinajstić information content (AvgIpc) is 3.87. The van der Waals surface area contributed by atoms with Gasteiger partial charge in [-0.3, -0.25) is 39.3 Å². The summed E-state index contributed by atoms with van der Waals surface area (Å²) in [5.41, 5.74) is 3.40. The van der Waals surface area contributed by atoms with Crippen LogP contribution in [0.1, 0.15) is 76.0 Å². The SMILES string of the molecule is CN(C(=O)c1ccc(N2CCN(CC3CCCCC3)CC2)cc1C=O)C1CCC(=O)NC1=O.COc1cc2[nH]ncc2cc1C(=O)Nc1cnc2cccnn12. The number of carbonyl (C=O) groups is 5. The van der Waals surface area contributed by atoms with Gasteiger partial charge >= 0.3 is 0 Å². The Kier molecular flexibility index (Phi) is 11.6. The lowest BCUT2D eigenvalue weighted by atomic mass is 9.89. The second kappa shape index (κ2) is 17.1. The number of ether oxygens (including phenoxy) is 1. The number of imidazole rings is 1. The fraction of sp³-hybridized carbons (Fsp3) is 0.400. The fourth-order valence-electron chi connectivity index (χ4n) is 7.76. The van der Waals surface area contributed by atoms with Gasteiger partial charge in [-0.05, 0) is 61.6 Å². The van der Waals surface area contributed by atoms with E-state index in [0.29, 0.717) is 34.6 Å². The van der Waals surface area contributed by atoms with Gasteiger partial charge in [0.15, 0.2) is 17.8 Å². The number of benzene rings is 2. The number of H-pyrrole nitrogens is 1. The van der Waals surface area contributed by atoms with Crippen LogP contribution in [0.5, 0.6) is 5.75 Å². The summed E-state index contributed by atoms with van der Waals surface area (Å²) in [6, 6.07) is 11.7. The molecule has 1 unspecified atom stereocenters. The van der Waals surface area contributed by atoms with Crippen LogP contribution in [0.25, 0.3) is 16.6 Å². The van der Waals surface area contributed by atoms with Crippen molar-refractivity contribution in [3.63, 3.8) is 0 Å². The first-order chi connectivity index (χ1) is 27.2. The molecule has 16 nitrogen and oxygen atoms in total. The standard InChI is InChI=1S/C25H34N4O4.C15H12N6O2/c1-27(22-9-10-23(31)26-24(22)32)25(33)21-8-7-20(15-19(21)17-30)29-13-11-28(12-14-29)16-18-5-3-2-4-6-18;1-23-12-6-11-9(7-17-20-11)5-10(12)15(22)19-14-8-16-13-3-2-4-18-21(13)14/h7-8,15,17-18,22H,2-6,9-14,16H2,1H3,(H,26,31,32);2-8H,1H3,(H,17,20)(H,19,22). The molecule has 2 aromatic carbocycles. The number of hydrogen-bond acceptors (Lipinski definition) is 11. The summed E-state index contributed by atoms with van der Waals surface area (Å²) in [7, 11) is 3.06. The normalized spacial score (nSPS) is 17.9. The summed E-state index contributed by atoms with van der Waals surface area (Å²) in [6.45, 7) is 4.99. The lowest BCUT2D eigenvalue weighted by molar-refractivity contribution is -0.136. The number of nitrogens with one attached hydrogen (secondary N) is 3. The van der Waals surface area contributed by atoms with Crippen molar-refractivity contribution in [2.75, 3.05) is 57.1 Å². The molecule has 3 fully saturated rings. The molecule has 16 heteroatoms. The zero-order valence-electron chi connectivity index (χ0n) is 31.6. The van der Waals surface area contributed by atoms with E-state index in [2.05, 4.69) is 40.7 Å². The minimum Gasteiger partial charge on any atom is -0.496 e. The van der Waals surface area contributed by atoms with Crippen LogP contribution in [-0.2, 0) is 9.59 Å². The Balaban J connectivity index is 0.000000182. The number of nitrogens with zero attached hydrogens (tertiary/aromatic N) is 7. The van der Waals surface area contributed by atoms with Crippen molar-refractivity contribution in [3.05, 3.63) is 77.7 Å². The van der Waals surface area contributed by atoms with Crippen LogP contribution in [0.15, 0.2) is 61.1 Å². The third kappa shape index (κ3) is 8.39. The maximum atomic E-state index is 13.1. The van der Waals surface area contributed by atoms with Gasteiger partial charge in [0.25, 0.3) is 11.8 Å². The van der Waals surface area contributed by atoms with Crippen LogP contribution in [0.4, 0.5) is 11.5 Å². The number of fused-ring (bicyclic) bond motifs is 2. The van der Waals surface area contributed by atoms with Crippen LogP contribution in [0, 0.1) is 5.92 Å². The number of anilines is 2. The van der Waals surface area contributed by atoms with Gasteiger partial charge in [0, 0.05) is 75.1 Å². The number of carbonyl (C=O) groups excluding carboxylic acids is 5. The predicted molar refractivity (Wildman–Crippen MR) is 209 cm³/mol. The molecular formula is C40H46N10O6. The highest BCUT2D eigenvalue weighted by molar-refractivity contribution is 6.08. The van der Waals surface area contributed by atoms with Gasteiger partial charge in [0.1, 0.15) is 11.8 Å². The Bertz CT molecular complexity index is 2240. The van der Waals surface area contributed by atoms with Crippen molar-refractivity contribution in [1.29, 1.82) is 0 Å². The second-order valence-corrected chi connectivity index (χ2v) is 14.5. The Morgan fingerprint density at radius 3 is 2.55 bits per heavy atom. The molecule has 5 aromatic rings. The molecule has 1 saturated carbocycles. The molecule has 3 N–H and O–H groups in total. The minimum absolute atomic E-state index is 0.195. The lowest BCUT2D eigenvalue weighted by Gasteiger charge is -2.38. The van der Waals surface area contributed by atoms with Gasteiger partial charge < -0.3 is 19.9 Å². The lowest BCUT2D eigenvalue weighted by Crippen LogP contribution is -2.53. The number of imide groups is 1. The Hall–Kier alpha value is -6.16. The number of piperazine rings is 1. The topological polar surface area (TPSA) is 187 Å². The first-order valence-electron chi connectivity index (χ1n) is 19.0. The molecular weight excluding hydrogens is 717 g/mol. The van der Waals surface area contributed by atoms with Gasteiger partial charge in [-0.1, -0.05) is 19.3 Å². The highest BCUT2D eigenvalue weighted by Gasteiger charge is 2.33. The van der Waals surface area contributed by atoms with Crippen molar-refractivity contribution >= 4 is 58.0 Å². The molecule has 8 rings (SSSR count). The van der Waals surface area contributed by atoms with Crippen LogP contribution in [0.2, 0.25) is 0 Å². The van der Waals surface area contributed by atoms with Gasteiger partial charge in [0.2, 0.25) is 11.8 Å². The monoisotopic (exact) mass is 762 g/mol. The van der Waals surface area contributed by atoms with Crippen molar-refractivity contribution < 1.29 is 28.7 Å². The molecule has 0 radical (unpaired) electrons. The summed E-state index contributed by atoms with van der Waals surface area (Å²) < 4.78 is 6.86. The van der Waals surface area contributed by atoms with E-state index in [1.54, 1.807) is 59.5 Å². The highest BCUT2D eigenvalue weighted by Crippen LogP contribution is 2.28. The zero-order chi connectivity index (χ0) is 39.2. The largest absolute Gasteiger partial charge is 0.496 e. The van der Waals surface area contributed by atoms with Crippen LogP contribution < -0.4 is 20.3 Å². The Morgan fingerprint density at radius 2 is 1.80 bits per heavy atom. The molecule has 1 aliphatic carbocycles. The van der Waals surface area contributed by atoms with E-state index in [1.807, 2.05) is 6.07 Å². The van der Waals surface area contributed by atoms with Crippen molar-refractivity contribution in [1.82, 2.24) is 39.9 Å². The Morgan fingerprint density at radius 1 is 1.00 bits per heavy atom. The minimum atomic E-state index is -0.716. The predicted octanol–water partition coefficient (Wildman–Crippen LogP) is 3.95. The average molecular weight is 763 g/mol. The fourth-order valence-corrected chi connectivity index (χ4v) is 7.76. The number of aromatic nitrogens is 5. The van der Waals surface area contributed by atoms with Gasteiger partial charge in [-0.15, -0.1) is 0 Å². The molecule has 0 spiro atoms. The maximum Gasteiger partial charge on any atom is 0.260 e. The third-order valence-corrected chi connectivity index (χ3v) is 10.9. The van der Waals surface area contributed by atoms with Gasteiger partial charge in [-0.25, -0.2) is 4.98 Å². The number of methoxy groups -OCH3 is 1.